The third-order valence-corrected chi connectivity index (χ3v) is 21.7. The van der Waals surface area contributed by atoms with Crippen molar-refractivity contribution in [2.24, 2.45) is 0 Å². The van der Waals surface area contributed by atoms with Gasteiger partial charge in [0.15, 0.2) is 0 Å². The molecule has 1 nitrogen and oxygen atoms in total. The number of nitrogens with zero attached hydrogens (tertiary/aromatic N) is 1. The average molecular weight is 1260 g/mol. The fourth-order valence-corrected chi connectivity index (χ4v) is 17.1. The van der Waals surface area contributed by atoms with Gasteiger partial charge in [-0.05, 0) is 256 Å². The molecule has 1 heterocycles. The maximum Gasteiger partial charge on any atom is 0.0722 e. The molecule has 0 saturated heterocycles. The lowest BCUT2D eigenvalue weighted by molar-refractivity contribution is 1.34. The molecule has 20 aromatic carbocycles. The molecule has 0 aliphatic carbocycles. The summed E-state index contributed by atoms with van der Waals surface area (Å²) in [5, 5.41) is 31.9. The Morgan fingerprint density at radius 1 is 0.140 bits per heavy atom. The van der Waals surface area contributed by atoms with Gasteiger partial charge in [0, 0.05) is 11.1 Å². The minimum absolute atomic E-state index is 0.940. The zero-order chi connectivity index (χ0) is 65.5. The van der Waals surface area contributed by atoms with E-state index in [0.717, 1.165) is 22.5 Å². The first-order valence-electron chi connectivity index (χ1n) is 34.7. The fourth-order valence-electron chi connectivity index (χ4n) is 17.1. The van der Waals surface area contributed by atoms with Gasteiger partial charge in [-0.2, -0.15) is 0 Å². The Balaban J connectivity index is 0.708. The van der Waals surface area contributed by atoms with Gasteiger partial charge in [0.2, 0.25) is 0 Å². The lowest BCUT2D eigenvalue weighted by atomic mass is 9.83. The molecule has 0 spiro atoms. The largest absolute Gasteiger partial charge is 0.248 e. The maximum absolute atomic E-state index is 5.72. The molecule has 460 valence electrons. The molecule has 0 N–H and O–H groups in total. The van der Waals surface area contributed by atoms with Crippen LogP contribution in [0.4, 0.5) is 0 Å². The van der Waals surface area contributed by atoms with Crippen molar-refractivity contribution in [1.82, 2.24) is 4.98 Å². The number of aromatic nitrogens is 1. The van der Waals surface area contributed by atoms with Crippen molar-refractivity contribution < 1.29 is 0 Å². The van der Waals surface area contributed by atoms with E-state index >= 15 is 0 Å². The van der Waals surface area contributed by atoms with E-state index in [9.17, 15) is 0 Å². The molecule has 1 heteroatoms. The summed E-state index contributed by atoms with van der Waals surface area (Å²) in [5.41, 5.74) is 16.2. The highest BCUT2D eigenvalue weighted by Gasteiger charge is 2.23. The monoisotopic (exact) mass is 1260 g/mol. The summed E-state index contributed by atoms with van der Waals surface area (Å²) in [6.45, 7) is 0. The van der Waals surface area contributed by atoms with E-state index < -0.39 is 0 Å². The SMILES string of the molecule is c1cc(-c2c3ccccc3c(-c3ccc4ccccc4c3)c3ccccc23)nc(-c2cc3ccc4ccccc4c3c3cc(-c4ccc5cc(-c6c7ccccc7c(-c7ccc8ccccc8c7)c7cc(-c8cc9ccc%10ccccc%10c9c9ccccc89)ccc67)ccc5c4)ccc23)c1. The Morgan fingerprint density at radius 3 is 1.02 bits per heavy atom. The molecule has 21 aromatic rings. The smallest absolute Gasteiger partial charge is 0.0722 e. The Hall–Kier alpha value is -13.1. The van der Waals surface area contributed by atoms with E-state index in [1.807, 2.05) is 0 Å². The average Bonchev–Trinajstić information content (AvgIpc) is 0.746. The highest BCUT2D eigenvalue weighted by molar-refractivity contribution is 6.28. The Bertz CT molecular complexity index is 7040. The lowest BCUT2D eigenvalue weighted by Gasteiger charge is -2.20. The van der Waals surface area contributed by atoms with E-state index in [-0.39, 0.29) is 0 Å². The van der Waals surface area contributed by atoms with Crippen molar-refractivity contribution >= 4 is 140 Å². The van der Waals surface area contributed by atoms with Crippen LogP contribution in [0.15, 0.2) is 358 Å². The first-order chi connectivity index (χ1) is 49.6. The Labute approximate surface area is 577 Å². The lowest BCUT2D eigenvalue weighted by Crippen LogP contribution is -1.94. The summed E-state index contributed by atoms with van der Waals surface area (Å²) in [7, 11) is 0. The van der Waals surface area contributed by atoms with Crippen LogP contribution < -0.4 is 0 Å². The van der Waals surface area contributed by atoms with E-state index in [2.05, 4.69) is 358 Å². The van der Waals surface area contributed by atoms with Crippen molar-refractivity contribution in [1.29, 1.82) is 0 Å². The van der Waals surface area contributed by atoms with Gasteiger partial charge in [0.25, 0.3) is 0 Å². The summed E-state index contributed by atoms with van der Waals surface area (Å²) in [5.74, 6) is 0. The second-order valence-corrected chi connectivity index (χ2v) is 27.1. The van der Waals surface area contributed by atoms with Crippen molar-refractivity contribution in [2.75, 3.05) is 0 Å². The van der Waals surface area contributed by atoms with Crippen LogP contribution in [0.1, 0.15) is 0 Å². The third-order valence-electron chi connectivity index (χ3n) is 21.7. The van der Waals surface area contributed by atoms with Crippen LogP contribution in [0, 0.1) is 0 Å². The molecule has 0 radical (unpaired) electrons. The van der Waals surface area contributed by atoms with Gasteiger partial charge in [-0.25, -0.2) is 4.98 Å². The number of hydrogen-bond acceptors (Lipinski definition) is 1. The van der Waals surface area contributed by atoms with Gasteiger partial charge in [-0.3, -0.25) is 0 Å². The van der Waals surface area contributed by atoms with E-state index in [1.165, 1.54) is 196 Å². The summed E-state index contributed by atoms with van der Waals surface area (Å²) in [6.07, 6.45) is 0. The van der Waals surface area contributed by atoms with Crippen LogP contribution in [-0.4, -0.2) is 4.98 Å². The van der Waals surface area contributed by atoms with Crippen LogP contribution >= 0.6 is 0 Å². The Kier molecular flexibility index (Phi) is 12.5. The van der Waals surface area contributed by atoms with Crippen LogP contribution in [-0.2, 0) is 0 Å². The van der Waals surface area contributed by atoms with Gasteiger partial charge in [0.1, 0.15) is 0 Å². The molecular weight excluding hydrogens is 1200 g/mol. The van der Waals surface area contributed by atoms with Gasteiger partial charge in [-0.1, -0.05) is 297 Å². The summed E-state index contributed by atoms with van der Waals surface area (Å²) in [4.78, 5) is 5.72. The van der Waals surface area contributed by atoms with Gasteiger partial charge < -0.3 is 0 Å². The highest BCUT2D eigenvalue weighted by Crippen LogP contribution is 2.50. The summed E-state index contributed by atoms with van der Waals surface area (Å²) >= 11 is 0. The van der Waals surface area contributed by atoms with Crippen LogP contribution in [0.2, 0.25) is 0 Å². The molecule has 0 atom stereocenters. The predicted molar refractivity (Wildman–Crippen MR) is 430 cm³/mol. The molecule has 0 aliphatic rings. The first-order valence-corrected chi connectivity index (χ1v) is 34.7. The van der Waals surface area contributed by atoms with E-state index in [1.54, 1.807) is 0 Å². The third kappa shape index (κ3) is 8.79. The molecule has 0 saturated carbocycles. The minimum atomic E-state index is 0.940. The molecule has 21 rings (SSSR count). The van der Waals surface area contributed by atoms with E-state index in [4.69, 9.17) is 4.98 Å². The van der Waals surface area contributed by atoms with Crippen molar-refractivity contribution in [2.45, 2.75) is 0 Å². The molecule has 0 bridgehead atoms. The first kappa shape index (κ1) is 56.1. The molecule has 1 aromatic heterocycles. The topological polar surface area (TPSA) is 12.9 Å². The number of rotatable bonds is 7. The van der Waals surface area contributed by atoms with Gasteiger partial charge in [0.05, 0.1) is 11.4 Å². The van der Waals surface area contributed by atoms with Gasteiger partial charge >= 0.3 is 0 Å². The molecule has 0 fully saturated rings. The second kappa shape index (κ2) is 22.2. The fraction of sp³-hybridized carbons (Fsp3) is 0. The van der Waals surface area contributed by atoms with Crippen LogP contribution in [0.3, 0.4) is 0 Å². The molecule has 0 amide bonds. The molecule has 0 aliphatic heterocycles. The number of benzene rings is 20. The number of hydrogen-bond donors (Lipinski definition) is 0. The standard InChI is InChI=1S/C99H59N/c1-3-22-64-53-71(43-36-60(64)18-1)96-83-30-13-15-32-85(83)99(86-33-16-14-31-84(86)96)93-35-17-34-92(100-93)89-59-75-46-39-63-21-6-8-25-77(63)95(75)90-56-69(48-50-79(89)90)67-40-41-68-55-72(47-42-66(68)52-67)97-81-28-11-12-29-82(81)98(73-44-37-61-19-2-4-23-65(61)54-73)91-57-70(49-51-87(91)97)88-58-74-45-38-62-20-5-7-24-76(62)94(74)80-27-10-9-26-78(80)88/h1-59H. The maximum atomic E-state index is 5.72. The predicted octanol–water partition coefficient (Wildman–Crippen LogP) is 27.7. The van der Waals surface area contributed by atoms with Crippen molar-refractivity contribution in [3.63, 3.8) is 0 Å². The van der Waals surface area contributed by atoms with Crippen LogP contribution in [0.5, 0.6) is 0 Å². The minimum Gasteiger partial charge on any atom is -0.248 e. The quantitative estimate of drug-likeness (QED) is 0.114. The van der Waals surface area contributed by atoms with Crippen molar-refractivity contribution in [3.05, 3.63) is 358 Å². The normalized spacial score (nSPS) is 12.0. The van der Waals surface area contributed by atoms with Gasteiger partial charge in [-0.15, -0.1) is 0 Å². The molecule has 0 unspecified atom stereocenters. The molecule has 100 heavy (non-hydrogen) atoms. The summed E-state index contributed by atoms with van der Waals surface area (Å²) in [6, 6.07) is 134. The van der Waals surface area contributed by atoms with Crippen molar-refractivity contribution in [3.8, 4) is 78.1 Å². The zero-order valence-electron chi connectivity index (χ0n) is 54.5. The second-order valence-electron chi connectivity index (χ2n) is 27.1. The molecular formula is C99H59N. The summed E-state index contributed by atoms with van der Waals surface area (Å²) < 4.78 is 0. The van der Waals surface area contributed by atoms with E-state index in [0.29, 0.717) is 0 Å². The highest BCUT2D eigenvalue weighted by atomic mass is 14.7. The number of pyridine rings is 1. The zero-order valence-corrected chi connectivity index (χ0v) is 54.5. The number of fused-ring (bicyclic) bond motifs is 17. The van der Waals surface area contributed by atoms with Crippen LogP contribution in [0.25, 0.3) is 218 Å². The Morgan fingerprint density at radius 2 is 0.460 bits per heavy atom.